The summed E-state index contributed by atoms with van der Waals surface area (Å²) in [7, 11) is 0. The van der Waals surface area contributed by atoms with Crippen molar-refractivity contribution in [3.63, 3.8) is 0 Å². The SMILES string of the molecule is FC(F)(F)N(C(F)(F)F)C(F)(F)C(F)(F)C(F)(F)F. The molecular formula is C5F13N. The fourth-order valence-corrected chi connectivity index (χ4v) is 0.773. The highest BCUT2D eigenvalue weighted by Crippen LogP contribution is 2.53. The van der Waals surface area contributed by atoms with E-state index in [-0.39, 0.29) is 0 Å². The van der Waals surface area contributed by atoms with Gasteiger partial charge in [-0.15, -0.1) is 0 Å². The van der Waals surface area contributed by atoms with Gasteiger partial charge >= 0.3 is 30.7 Å². The van der Waals surface area contributed by atoms with Gasteiger partial charge < -0.3 is 0 Å². The summed E-state index contributed by atoms with van der Waals surface area (Å²) >= 11 is 0. The van der Waals surface area contributed by atoms with Crippen molar-refractivity contribution < 1.29 is 57.1 Å². The van der Waals surface area contributed by atoms with Crippen LogP contribution in [0.2, 0.25) is 0 Å². The zero-order valence-corrected chi connectivity index (χ0v) is 7.86. The van der Waals surface area contributed by atoms with Gasteiger partial charge in [0.1, 0.15) is 0 Å². The number of alkyl halides is 13. The Labute approximate surface area is 94.1 Å². The molecule has 0 rings (SSSR count). The van der Waals surface area contributed by atoms with E-state index < -0.39 is 35.6 Å². The van der Waals surface area contributed by atoms with E-state index >= 15 is 0 Å². The van der Waals surface area contributed by atoms with Gasteiger partial charge in [-0.3, -0.25) is 0 Å². The zero-order chi connectivity index (χ0) is 16.1. The molecule has 0 saturated heterocycles. The largest absolute Gasteiger partial charge is 0.472 e. The highest BCUT2D eigenvalue weighted by molar-refractivity contribution is 4.93. The Morgan fingerprint density at radius 1 is 0.474 bits per heavy atom. The second-order valence-electron chi connectivity index (χ2n) is 2.88. The van der Waals surface area contributed by atoms with Crippen molar-refractivity contribution in [3.8, 4) is 0 Å². The Balaban J connectivity index is 5.97. The van der Waals surface area contributed by atoms with E-state index in [0.717, 1.165) is 0 Å². The quantitative estimate of drug-likeness (QED) is 0.546. The van der Waals surface area contributed by atoms with Gasteiger partial charge in [0, 0.05) is 0 Å². The fourth-order valence-electron chi connectivity index (χ4n) is 0.773. The molecule has 19 heavy (non-hydrogen) atoms. The Kier molecular flexibility index (Phi) is 4.06. The van der Waals surface area contributed by atoms with Gasteiger partial charge in [-0.1, -0.05) is 4.90 Å². The minimum absolute atomic E-state index is 4.11. The third-order valence-electron chi connectivity index (χ3n) is 1.52. The van der Waals surface area contributed by atoms with Crippen LogP contribution in [0.3, 0.4) is 0 Å². The van der Waals surface area contributed by atoms with Crippen LogP contribution in [-0.2, 0) is 0 Å². The molecule has 0 aromatic carbocycles. The standard InChI is InChI=1S/C5F13N/c6-1(7,2(8,9)10)3(11,12)19(4(13,14)15)5(16,17)18. The fraction of sp³-hybridized carbons (Fsp3) is 1.00. The van der Waals surface area contributed by atoms with Crippen molar-refractivity contribution in [3.05, 3.63) is 0 Å². The summed E-state index contributed by atoms with van der Waals surface area (Å²) in [6, 6.07) is -7.61. The molecule has 0 N–H and O–H groups in total. The first-order valence-corrected chi connectivity index (χ1v) is 3.63. The molecule has 0 aliphatic carbocycles. The van der Waals surface area contributed by atoms with Gasteiger partial charge in [0.15, 0.2) is 0 Å². The van der Waals surface area contributed by atoms with Crippen LogP contribution >= 0.6 is 0 Å². The first kappa shape index (κ1) is 18.0. The maximum Gasteiger partial charge on any atom is 0.472 e. The average Bonchev–Trinajstić information content (AvgIpc) is 1.92. The predicted octanol–water partition coefficient (Wildman–Crippen LogP) is 4.12. The van der Waals surface area contributed by atoms with Gasteiger partial charge in [0.2, 0.25) is 0 Å². The summed E-state index contributed by atoms with van der Waals surface area (Å²) in [4.78, 5) is -4.11. The first-order valence-electron chi connectivity index (χ1n) is 3.63. The van der Waals surface area contributed by atoms with Gasteiger partial charge in [0.05, 0.1) is 0 Å². The molecule has 0 aromatic heterocycles. The summed E-state index contributed by atoms with van der Waals surface area (Å²) in [6.07, 6.45) is -21.8. The third-order valence-corrected chi connectivity index (χ3v) is 1.52. The van der Waals surface area contributed by atoms with Gasteiger partial charge in [-0.05, 0) is 0 Å². The summed E-state index contributed by atoms with van der Waals surface area (Å²) in [6.45, 7) is 0. The minimum Gasteiger partial charge on any atom is -0.187 e. The lowest BCUT2D eigenvalue weighted by atomic mass is 10.2. The molecule has 0 bridgehead atoms. The highest BCUT2D eigenvalue weighted by atomic mass is 19.4. The van der Waals surface area contributed by atoms with E-state index in [0.29, 0.717) is 0 Å². The van der Waals surface area contributed by atoms with Crippen LogP contribution in [0, 0.1) is 0 Å². The Bertz CT molecular complexity index is 303. The van der Waals surface area contributed by atoms with Crippen molar-refractivity contribution in [2.24, 2.45) is 0 Å². The second-order valence-corrected chi connectivity index (χ2v) is 2.88. The van der Waals surface area contributed by atoms with E-state index in [2.05, 4.69) is 0 Å². The zero-order valence-electron chi connectivity index (χ0n) is 7.86. The van der Waals surface area contributed by atoms with E-state index in [9.17, 15) is 57.1 Å². The summed E-state index contributed by atoms with van der Waals surface area (Å²) < 4.78 is 153. The van der Waals surface area contributed by atoms with Crippen molar-refractivity contribution in [1.82, 2.24) is 4.90 Å². The molecule has 0 aromatic rings. The Hall–Kier alpha value is -0.950. The van der Waals surface area contributed by atoms with Gasteiger partial charge in [0.25, 0.3) is 0 Å². The summed E-state index contributed by atoms with van der Waals surface area (Å²) in [5.41, 5.74) is 0. The normalized spacial score (nSPS) is 16.1. The smallest absolute Gasteiger partial charge is 0.187 e. The maximum atomic E-state index is 12.4. The highest BCUT2D eigenvalue weighted by Gasteiger charge is 2.82. The van der Waals surface area contributed by atoms with Gasteiger partial charge in [-0.2, -0.15) is 57.1 Å². The molecule has 0 radical (unpaired) electrons. The molecule has 116 valence electrons. The molecule has 1 nitrogen and oxygen atoms in total. The Morgan fingerprint density at radius 3 is 0.895 bits per heavy atom. The lowest BCUT2D eigenvalue weighted by molar-refractivity contribution is -0.492. The van der Waals surface area contributed by atoms with Crippen molar-refractivity contribution in [1.29, 1.82) is 0 Å². The molecular weight excluding hydrogens is 321 g/mol. The number of nitrogens with zero attached hydrogens (tertiary/aromatic N) is 1. The summed E-state index contributed by atoms with van der Waals surface area (Å²) in [5, 5.41) is 0. The third kappa shape index (κ3) is 3.14. The van der Waals surface area contributed by atoms with Crippen LogP contribution in [0.15, 0.2) is 0 Å². The van der Waals surface area contributed by atoms with Crippen molar-refractivity contribution in [2.45, 2.75) is 30.7 Å². The molecule has 0 unspecified atom stereocenters. The number of halogens is 13. The van der Waals surface area contributed by atoms with E-state index in [1.165, 1.54) is 0 Å². The minimum atomic E-state index is -7.61. The summed E-state index contributed by atoms with van der Waals surface area (Å²) in [5.74, 6) is -7.58. The van der Waals surface area contributed by atoms with Crippen LogP contribution in [0.5, 0.6) is 0 Å². The van der Waals surface area contributed by atoms with E-state index in [1.54, 1.807) is 0 Å². The lowest BCUT2D eigenvalue weighted by Crippen LogP contribution is -2.68. The van der Waals surface area contributed by atoms with Gasteiger partial charge in [-0.25, -0.2) is 0 Å². The van der Waals surface area contributed by atoms with E-state index in [1.807, 2.05) is 0 Å². The molecule has 0 aliphatic rings. The lowest BCUT2D eigenvalue weighted by Gasteiger charge is -2.37. The molecule has 0 amide bonds. The molecule has 0 saturated carbocycles. The van der Waals surface area contributed by atoms with Crippen LogP contribution in [0.25, 0.3) is 0 Å². The second kappa shape index (κ2) is 4.28. The average molecular weight is 321 g/mol. The van der Waals surface area contributed by atoms with Crippen molar-refractivity contribution >= 4 is 0 Å². The number of hydrogen-bond acceptors (Lipinski definition) is 1. The first-order chi connectivity index (χ1) is 7.87. The predicted molar refractivity (Wildman–Crippen MR) is 29.9 cm³/mol. The van der Waals surface area contributed by atoms with Crippen molar-refractivity contribution in [2.75, 3.05) is 0 Å². The molecule has 0 spiro atoms. The van der Waals surface area contributed by atoms with Crippen LogP contribution < -0.4 is 0 Å². The molecule has 14 heteroatoms. The monoisotopic (exact) mass is 321 g/mol. The molecule has 0 heterocycles. The Morgan fingerprint density at radius 2 is 0.737 bits per heavy atom. The van der Waals surface area contributed by atoms with Crippen LogP contribution in [-0.4, -0.2) is 35.6 Å². The maximum absolute atomic E-state index is 12.4. The molecule has 0 aliphatic heterocycles. The number of hydrogen-bond donors (Lipinski definition) is 0. The van der Waals surface area contributed by atoms with Crippen LogP contribution in [0.4, 0.5) is 57.1 Å². The molecule has 0 fully saturated rings. The van der Waals surface area contributed by atoms with Crippen LogP contribution in [0.1, 0.15) is 0 Å². The molecule has 0 atom stereocenters. The topological polar surface area (TPSA) is 3.24 Å². The van der Waals surface area contributed by atoms with E-state index in [4.69, 9.17) is 0 Å². The number of rotatable bonds is 2.